The van der Waals surface area contributed by atoms with Crippen LogP contribution in [0.4, 0.5) is 0 Å². The fraction of sp³-hybridized carbons (Fsp3) is 0.429. The predicted octanol–water partition coefficient (Wildman–Crippen LogP) is 0.380. The van der Waals surface area contributed by atoms with Gasteiger partial charge in [0, 0.05) is 6.54 Å². The molecule has 1 heterocycles. The van der Waals surface area contributed by atoms with E-state index in [-0.39, 0.29) is 18.5 Å². The average Bonchev–Trinajstić information content (AvgIpc) is 2.44. The molecule has 1 aliphatic rings. The van der Waals surface area contributed by atoms with Gasteiger partial charge in [-0.15, -0.1) is 0 Å². The highest BCUT2D eigenvalue weighted by Crippen LogP contribution is 2.16. The quantitative estimate of drug-likeness (QED) is 0.770. The molecule has 5 nitrogen and oxygen atoms in total. The number of benzene rings is 1. The van der Waals surface area contributed by atoms with Crippen LogP contribution in [-0.2, 0) is 27.3 Å². The van der Waals surface area contributed by atoms with E-state index in [1.54, 1.807) is 6.92 Å². The molecule has 102 valence electrons. The molecular formula is C14H18N2O3. The molecule has 0 saturated heterocycles. The van der Waals surface area contributed by atoms with Gasteiger partial charge in [0.25, 0.3) is 0 Å². The Labute approximate surface area is 112 Å². The molecule has 1 amide bonds. The molecule has 2 N–H and O–H groups in total. The van der Waals surface area contributed by atoms with Crippen LogP contribution in [0.3, 0.4) is 0 Å². The van der Waals surface area contributed by atoms with Crippen LogP contribution in [0.2, 0.25) is 0 Å². The Morgan fingerprint density at radius 1 is 1.37 bits per heavy atom. The van der Waals surface area contributed by atoms with Crippen molar-refractivity contribution in [3.8, 4) is 0 Å². The Morgan fingerprint density at radius 2 is 2.11 bits per heavy atom. The van der Waals surface area contributed by atoms with Crippen molar-refractivity contribution in [2.45, 2.75) is 25.9 Å². The first-order valence-corrected chi connectivity index (χ1v) is 6.44. The number of esters is 1. The van der Waals surface area contributed by atoms with Crippen LogP contribution in [0.5, 0.6) is 0 Å². The second kappa shape index (κ2) is 6.33. The zero-order valence-corrected chi connectivity index (χ0v) is 10.9. The van der Waals surface area contributed by atoms with Gasteiger partial charge in [0.2, 0.25) is 5.91 Å². The Balaban J connectivity index is 1.87. The van der Waals surface area contributed by atoms with Gasteiger partial charge in [0.1, 0.15) is 6.54 Å². The van der Waals surface area contributed by atoms with Crippen LogP contribution in [-0.4, -0.2) is 31.1 Å². The molecule has 0 aliphatic carbocycles. The van der Waals surface area contributed by atoms with E-state index >= 15 is 0 Å². The third kappa shape index (κ3) is 3.54. The second-order valence-corrected chi connectivity index (χ2v) is 4.43. The van der Waals surface area contributed by atoms with E-state index in [9.17, 15) is 9.59 Å². The van der Waals surface area contributed by atoms with Gasteiger partial charge in [-0.05, 0) is 24.5 Å². The van der Waals surface area contributed by atoms with Crippen molar-refractivity contribution in [2.24, 2.45) is 0 Å². The minimum absolute atomic E-state index is 0.0769. The summed E-state index contributed by atoms with van der Waals surface area (Å²) in [5.74, 6) is -0.574. The summed E-state index contributed by atoms with van der Waals surface area (Å²) in [6.45, 7) is 2.66. The van der Waals surface area contributed by atoms with Crippen molar-refractivity contribution < 1.29 is 14.3 Å². The van der Waals surface area contributed by atoms with Crippen molar-refractivity contribution in [2.75, 3.05) is 13.2 Å². The average molecular weight is 262 g/mol. The molecule has 2 rings (SSSR count). The van der Waals surface area contributed by atoms with Crippen LogP contribution >= 0.6 is 0 Å². The van der Waals surface area contributed by atoms with E-state index in [2.05, 4.69) is 16.7 Å². The lowest BCUT2D eigenvalue weighted by atomic mass is 9.95. The minimum atomic E-state index is -0.410. The zero-order valence-electron chi connectivity index (χ0n) is 10.9. The summed E-state index contributed by atoms with van der Waals surface area (Å²) in [6.07, 6.45) is 0.644. The topological polar surface area (TPSA) is 67.4 Å². The molecular weight excluding hydrogens is 244 g/mol. The van der Waals surface area contributed by atoms with Crippen LogP contribution in [0, 0.1) is 0 Å². The summed E-state index contributed by atoms with van der Waals surface area (Å²) in [5, 5.41) is 5.76. The van der Waals surface area contributed by atoms with Gasteiger partial charge < -0.3 is 15.4 Å². The van der Waals surface area contributed by atoms with Gasteiger partial charge in [-0.1, -0.05) is 24.3 Å². The summed E-state index contributed by atoms with van der Waals surface area (Å²) in [6, 6.07) is 7.75. The van der Waals surface area contributed by atoms with Gasteiger partial charge in [0.15, 0.2) is 0 Å². The maximum absolute atomic E-state index is 11.9. The van der Waals surface area contributed by atoms with Crippen molar-refractivity contribution in [1.29, 1.82) is 0 Å². The van der Waals surface area contributed by atoms with Gasteiger partial charge in [-0.25, -0.2) is 0 Å². The summed E-state index contributed by atoms with van der Waals surface area (Å²) >= 11 is 0. The summed E-state index contributed by atoms with van der Waals surface area (Å²) in [5.41, 5.74) is 2.40. The zero-order chi connectivity index (χ0) is 13.7. The van der Waals surface area contributed by atoms with E-state index in [0.29, 0.717) is 19.6 Å². The first-order chi connectivity index (χ1) is 9.20. The Kier molecular flexibility index (Phi) is 4.52. The molecule has 1 aromatic rings. The summed E-state index contributed by atoms with van der Waals surface area (Å²) < 4.78 is 4.76. The van der Waals surface area contributed by atoms with Crippen LogP contribution in [0.15, 0.2) is 24.3 Å². The normalized spacial score (nSPS) is 17.4. The SMILES string of the molecule is CCOC(=O)CNC(=O)[C@@H]1Cc2ccccc2CN1. The molecule has 0 saturated carbocycles. The first kappa shape index (κ1) is 13.5. The third-order valence-electron chi connectivity index (χ3n) is 3.11. The number of ether oxygens (including phenoxy) is 1. The van der Waals surface area contributed by atoms with Crippen LogP contribution < -0.4 is 10.6 Å². The minimum Gasteiger partial charge on any atom is -0.465 e. The van der Waals surface area contributed by atoms with E-state index < -0.39 is 5.97 Å². The van der Waals surface area contributed by atoms with E-state index in [1.165, 1.54) is 11.1 Å². The molecule has 1 aromatic carbocycles. The smallest absolute Gasteiger partial charge is 0.325 e. The van der Waals surface area contributed by atoms with Crippen molar-refractivity contribution in [3.63, 3.8) is 0 Å². The third-order valence-corrected chi connectivity index (χ3v) is 3.11. The van der Waals surface area contributed by atoms with Crippen molar-refractivity contribution in [1.82, 2.24) is 10.6 Å². The maximum Gasteiger partial charge on any atom is 0.325 e. The number of amides is 1. The molecule has 19 heavy (non-hydrogen) atoms. The largest absolute Gasteiger partial charge is 0.465 e. The lowest BCUT2D eigenvalue weighted by Gasteiger charge is -2.25. The maximum atomic E-state index is 11.9. The molecule has 1 aliphatic heterocycles. The highest BCUT2D eigenvalue weighted by Gasteiger charge is 2.23. The van der Waals surface area contributed by atoms with Crippen molar-refractivity contribution in [3.05, 3.63) is 35.4 Å². The predicted molar refractivity (Wildman–Crippen MR) is 70.4 cm³/mol. The summed E-state index contributed by atoms with van der Waals surface area (Å²) in [4.78, 5) is 23.1. The number of carbonyl (C=O) groups excluding carboxylic acids is 2. The van der Waals surface area contributed by atoms with Crippen molar-refractivity contribution >= 4 is 11.9 Å². The fourth-order valence-electron chi connectivity index (χ4n) is 2.13. The standard InChI is InChI=1S/C14H18N2O3/c1-2-19-13(17)9-16-14(18)12-7-10-5-3-4-6-11(10)8-15-12/h3-6,12,15H,2,7-9H2,1H3,(H,16,18)/t12-/m0/s1. The van der Waals surface area contributed by atoms with Gasteiger partial charge >= 0.3 is 5.97 Å². The highest BCUT2D eigenvalue weighted by atomic mass is 16.5. The Morgan fingerprint density at radius 3 is 2.84 bits per heavy atom. The number of carbonyl (C=O) groups is 2. The van der Waals surface area contributed by atoms with E-state index in [4.69, 9.17) is 4.74 Å². The van der Waals surface area contributed by atoms with Crippen LogP contribution in [0.25, 0.3) is 0 Å². The molecule has 0 aromatic heterocycles. The molecule has 0 radical (unpaired) electrons. The molecule has 0 bridgehead atoms. The Hall–Kier alpha value is -1.88. The van der Waals surface area contributed by atoms with Crippen LogP contribution in [0.1, 0.15) is 18.1 Å². The van der Waals surface area contributed by atoms with Gasteiger partial charge in [-0.3, -0.25) is 9.59 Å². The first-order valence-electron chi connectivity index (χ1n) is 6.44. The number of fused-ring (bicyclic) bond motifs is 1. The fourth-order valence-corrected chi connectivity index (χ4v) is 2.13. The number of hydrogen-bond acceptors (Lipinski definition) is 4. The number of hydrogen-bond donors (Lipinski definition) is 2. The van der Waals surface area contributed by atoms with E-state index in [0.717, 1.165) is 0 Å². The van der Waals surface area contributed by atoms with Gasteiger partial charge in [-0.2, -0.15) is 0 Å². The van der Waals surface area contributed by atoms with E-state index in [1.807, 2.05) is 18.2 Å². The number of rotatable bonds is 4. The number of nitrogens with one attached hydrogen (secondary N) is 2. The monoisotopic (exact) mass is 262 g/mol. The van der Waals surface area contributed by atoms with Gasteiger partial charge in [0.05, 0.1) is 12.6 Å². The molecule has 0 unspecified atom stereocenters. The molecule has 0 fully saturated rings. The molecule has 5 heteroatoms. The Bertz CT molecular complexity index is 474. The second-order valence-electron chi connectivity index (χ2n) is 4.43. The lowest BCUT2D eigenvalue weighted by molar-refractivity contribution is -0.143. The summed E-state index contributed by atoms with van der Waals surface area (Å²) in [7, 11) is 0. The molecule has 0 spiro atoms. The highest BCUT2D eigenvalue weighted by molar-refractivity contribution is 5.86. The lowest BCUT2D eigenvalue weighted by Crippen LogP contribution is -2.48. The molecule has 1 atom stereocenters.